The zero-order valence-corrected chi connectivity index (χ0v) is 24.9. The van der Waals surface area contributed by atoms with Crippen molar-refractivity contribution in [2.75, 3.05) is 0 Å². The molecule has 0 unspecified atom stereocenters. The molecule has 1 N–H and O–H groups in total. The summed E-state index contributed by atoms with van der Waals surface area (Å²) in [5.74, 6) is 1.85. The highest BCUT2D eigenvalue weighted by Gasteiger charge is 2.69. The molecule has 6 rings (SSSR count). The molecule has 4 aliphatic carbocycles. The van der Waals surface area contributed by atoms with Gasteiger partial charge in [-0.3, -0.25) is 14.8 Å². The van der Waals surface area contributed by atoms with Crippen LogP contribution in [0.25, 0.3) is 12.2 Å². The second-order valence-electron chi connectivity index (χ2n) is 14.7. The molecule has 4 fully saturated rings. The lowest BCUT2D eigenvalue weighted by molar-refractivity contribution is -0.209. The molecule has 0 bridgehead atoms. The van der Waals surface area contributed by atoms with E-state index in [9.17, 15) is 9.90 Å². The standard InChI is InChI=1S/C36H46N2O2/c1-33(2)30-17-19-36(5)31(34(30,3)23-24(32(33)40)22-26-11-7-9-21-38-26)15-13-28-27(16-18-35(28,36)4)29(39)14-12-25-10-6-8-20-37-25/h6-12,14,20-22,27-28,30-32,40H,13,15-19,23H2,1-5H3/b14-12-,24-22-/t27-,28+,30-,31+,32-,34-,35+,36+/m0/s1. The van der Waals surface area contributed by atoms with Gasteiger partial charge < -0.3 is 5.11 Å². The Labute approximate surface area is 240 Å². The van der Waals surface area contributed by atoms with Crippen LogP contribution in [0.15, 0.2) is 60.4 Å². The molecule has 2 heterocycles. The van der Waals surface area contributed by atoms with Crippen molar-refractivity contribution in [1.29, 1.82) is 0 Å². The van der Waals surface area contributed by atoms with Crippen molar-refractivity contribution in [3.63, 3.8) is 0 Å². The number of rotatable bonds is 4. The molecule has 0 spiro atoms. The van der Waals surface area contributed by atoms with Gasteiger partial charge in [0, 0.05) is 18.3 Å². The highest BCUT2D eigenvalue weighted by atomic mass is 16.3. The molecule has 4 aliphatic rings. The maximum atomic E-state index is 13.6. The van der Waals surface area contributed by atoms with Crippen LogP contribution in [0.2, 0.25) is 0 Å². The highest BCUT2D eigenvalue weighted by molar-refractivity contribution is 5.95. The topological polar surface area (TPSA) is 63.1 Å². The Bertz CT molecular complexity index is 1320. The monoisotopic (exact) mass is 538 g/mol. The number of aromatic nitrogens is 2. The largest absolute Gasteiger partial charge is 0.388 e. The number of carbonyl (C=O) groups excluding carboxylic acids is 1. The van der Waals surface area contributed by atoms with Gasteiger partial charge in [0.15, 0.2) is 5.78 Å². The second-order valence-corrected chi connectivity index (χ2v) is 14.7. The van der Waals surface area contributed by atoms with E-state index < -0.39 is 6.10 Å². The fraction of sp³-hybridized carbons (Fsp3) is 0.583. The molecular weight excluding hydrogens is 492 g/mol. The predicted octanol–water partition coefficient (Wildman–Crippen LogP) is 7.80. The zero-order valence-electron chi connectivity index (χ0n) is 24.9. The van der Waals surface area contributed by atoms with Crippen LogP contribution in [0.3, 0.4) is 0 Å². The third-order valence-corrected chi connectivity index (χ3v) is 12.7. The Morgan fingerprint density at radius 1 is 0.850 bits per heavy atom. The van der Waals surface area contributed by atoms with Crippen LogP contribution in [0, 0.1) is 45.3 Å². The molecule has 0 saturated heterocycles. The van der Waals surface area contributed by atoms with E-state index in [1.165, 1.54) is 12.8 Å². The number of hydrogen-bond donors (Lipinski definition) is 1. The molecule has 4 saturated carbocycles. The van der Waals surface area contributed by atoms with Crippen LogP contribution in [-0.4, -0.2) is 27.0 Å². The first-order valence-corrected chi connectivity index (χ1v) is 15.4. The third-order valence-electron chi connectivity index (χ3n) is 12.7. The fourth-order valence-corrected chi connectivity index (χ4v) is 10.7. The lowest BCUT2D eigenvalue weighted by Crippen LogP contribution is -2.64. The predicted molar refractivity (Wildman–Crippen MR) is 161 cm³/mol. The summed E-state index contributed by atoms with van der Waals surface area (Å²) in [6, 6.07) is 11.8. The molecule has 2 aromatic rings. The van der Waals surface area contributed by atoms with Crippen LogP contribution in [0.1, 0.15) is 91.0 Å². The van der Waals surface area contributed by atoms with Gasteiger partial charge in [-0.25, -0.2) is 0 Å². The van der Waals surface area contributed by atoms with Crippen LogP contribution in [-0.2, 0) is 4.79 Å². The van der Waals surface area contributed by atoms with Gasteiger partial charge in [0.1, 0.15) is 0 Å². The molecule has 0 aliphatic heterocycles. The number of nitrogens with zero attached hydrogens (tertiary/aromatic N) is 2. The Morgan fingerprint density at radius 2 is 1.52 bits per heavy atom. The van der Waals surface area contributed by atoms with Gasteiger partial charge in [0.05, 0.1) is 17.5 Å². The Kier molecular flexibility index (Phi) is 6.72. The summed E-state index contributed by atoms with van der Waals surface area (Å²) in [6.07, 6.45) is 16.7. The summed E-state index contributed by atoms with van der Waals surface area (Å²) in [4.78, 5) is 22.5. The summed E-state index contributed by atoms with van der Waals surface area (Å²) in [7, 11) is 0. The van der Waals surface area contributed by atoms with Gasteiger partial charge in [-0.05, 0) is 132 Å². The van der Waals surface area contributed by atoms with Gasteiger partial charge in [-0.15, -0.1) is 0 Å². The van der Waals surface area contributed by atoms with Crippen LogP contribution in [0.4, 0.5) is 0 Å². The number of carbonyl (C=O) groups is 1. The number of allylic oxidation sites excluding steroid dienone is 1. The normalized spacial score (nSPS) is 41.4. The van der Waals surface area contributed by atoms with E-state index in [-0.39, 0.29) is 33.4 Å². The summed E-state index contributed by atoms with van der Waals surface area (Å²) < 4.78 is 0. The Morgan fingerprint density at radius 3 is 2.20 bits per heavy atom. The maximum Gasteiger partial charge on any atom is 0.159 e. The summed E-state index contributed by atoms with van der Waals surface area (Å²) in [6.45, 7) is 12.2. The van der Waals surface area contributed by atoms with Crippen molar-refractivity contribution < 1.29 is 9.90 Å². The smallest absolute Gasteiger partial charge is 0.159 e. The number of fused-ring (bicyclic) bond motifs is 5. The molecule has 4 heteroatoms. The Balaban J connectivity index is 1.31. The van der Waals surface area contributed by atoms with Crippen molar-refractivity contribution in [2.24, 2.45) is 45.3 Å². The molecule has 8 atom stereocenters. The molecule has 2 aromatic heterocycles. The first-order chi connectivity index (χ1) is 19.0. The first kappa shape index (κ1) is 27.6. The molecule has 4 nitrogen and oxygen atoms in total. The first-order valence-electron chi connectivity index (χ1n) is 15.4. The van der Waals surface area contributed by atoms with E-state index in [1.807, 2.05) is 48.7 Å². The van der Waals surface area contributed by atoms with Gasteiger partial charge >= 0.3 is 0 Å². The number of pyridine rings is 2. The minimum Gasteiger partial charge on any atom is -0.388 e. The summed E-state index contributed by atoms with van der Waals surface area (Å²) in [5, 5.41) is 11.7. The van der Waals surface area contributed by atoms with Crippen molar-refractivity contribution in [1.82, 2.24) is 9.97 Å². The fourth-order valence-electron chi connectivity index (χ4n) is 10.7. The number of aliphatic hydroxyl groups is 1. The summed E-state index contributed by atoms with van der Waals surface area (Å²) >= 11 is 0. The van der Waals surface area contributed by atoms with Crippen molar-refractivity contribution in [2.45, 2.75) is 85.7 Å². The zero-order chi connectivity index (χ0) is 28.3. The van der Waals surface area contributed by atoms with Gasteiger partial charge in [0.2, 0.25) is 0 Å². The van der Waals surface area contributed by atoms with E-state index in [1.54, 1.807) is 12.3 Å². The Hall–Kier alpha value is -2.59. The molecule has 40 heavy (non-hydrogen) atoms. The number of ketones is 1. The molecular formula is C36H46N2O2. The van der Waals surface area contributed by atoms with Gasteiger partial charge in [-0.1, -0.05) is 46.8 Å². The van der Waals surface area contributed by atoms with Gasteiger partial charge in [0.25, 0.3) is 0 Å². The van der Waals surface area contributed by atoms with Crippen LogP contribution < -0.4 is 0 Å². The highest BCUT2D eigenvalue weighted by Crippen LogP contribution is 2.75. The van der Waals surface area contributed by atoms with Crippen molar-refractivity contribution in [3.8, 4) is 0 Å². The number of aliphatic hydroxyl groups excluding tert-OH is 1. The van der Waals surface area contributed by atoms with Crippen LogP contribution in [0.5, 0.6) is 0 Å². The lowest BCUT2D eigenvalue weighted by Gasteiger charge is -2.70. The minimum atomic E-state index is -0.455. The third kappa shape index (κ3) is 4.08. The van der Waals surface area contributed by atoms with Gasteiger partial charge in [-0.2, -0.15) is 0 Å². The number of hydrogen-bond acceptors (Lipinski definition) is 4. The van der Waals surface area contributed by atoms with E-state index in [2.05, 4.69) is 50.7 Å². The van der Waals surface area contributed by atoms with Crippen molar-refractivity contribution in [3.05, 3.63) is 71.8 Å². The molecule has 0 aromatic carbocycles. The SMILES string of the molecule is CC1(C)[C@@H](O)/C(=C\c2ccccn2)C[C@]2(C)[C@H]3CC[C@@H]4[C@@H](C(=O)/C=C\c5ccccn5)CC[C@@]4(C)[C@]3(C)CC[C@@H]12. The quantitative estimate of drug-likeness (QED) is 0.404. The average Bonchev–Trinajstić information content (AvgIpc) is 3.30. The maximum absolute atomic E-state index is 13.6. The van der Waals surface area contributed by atoms with E-state index >= 15 is 0 Å². The molecule has 0 radical (unpaired) electrons. The van der Waals surface area contributed by atoms with E-state index in [0.29, 0.717) is 17.8 Å². The van der Waals surface area contributed by atoms with Crippen molar-refractivity contribution >= 4 is 17.9 Å². The minimum absolute atomic E-state index is 0.102. The average molecular weight is 539 g/mol. The van der Waals surface area contributed by atoms with Crippen LogP contribution >= 0.6 is 0 Å². The van der Waals surface area contributed by atoms with E-state index in [0.717, 1.165) is 49.1 Å². The van der Waals surface area contributed by atoms with E-state index in [4.69, 9.17) is 0 Å². The second kappa shape index (κ2) is 9.76. The lowest BCUT2D eigenvalue weighted by atomic mass is 9.35. The summed E-state index contributed by atoms with van der Waals surface area (Å²) in [5.41, 5.74) is 3.14. The molecule has 0 amide bonds. The molecule has 212 valence electrons.